The van der Waals surface area contributed by atoms with Gasteiger partial charge < -0.3 is 10.0 Å². The van der Waals surface area contributed by atoms with Gasteiger partial charge >= 0.3 is 0 Å². The van der Waals surface area contributed by atoms with Crippen molar-refractivity contribution in [2.45, 2.75) is 24.3 Å². The second-order valence-corrected chi connectivity index (χ2v) is 5.43. The molecule has 1 amide bonds. The van der Waals surface area contributed by atoms with Crippen LogP contribution in [0, 0.1) is 6.92 Å². The lowest BCUT2D eigenvalue weighted by molar-refractivity contribution is -0.127. The van der Waals surface area contributed by atoms with Gasteiger partial charge in [-0.15, -0.1) is 11.8 Å². The van der Waals surface area contributed by atoms with E-state index in [2.05, 4.69) is 0 Å². The maximum Gasteiger partial charge on any atom is 0.233 e. The predicted molar refractivity (Wildman–Crippen MR) is 69.1 cm³/mol. The van der Waals surface area contributed by atoms with Gasteiger partial charge in [-0.2, -0.15) is 0 Å². The first-order valence-corrected chi connectivity index (χ1v) is 6.79. The Bertz CT molecular complexity index is 391. The second kappa shape index (κ2) is 5.56. The Labute approximate surface area is 106 Å². The van der Waals surface area contributed by atoms with E-state index in [-0.39, 0.29) is 12.0 Å². The molecule has 0 bridgehead atoms. The minimum atomic E-state index is -0.330. The summed E-state index contributed by atoms with van der Waals surface area (Å²) in [6.07, 6.45) is 0.379. The van der Waals surface area contributed by atoms with Crippen LogP contribution in [0.3, 0.4) is 0 Å². The van der Waals surface area contributed by atoms with Crippen LogP contribution in [0.25, 0.3) is 0 Å². The number of aryl methyl sites for hydroxylation is 1. The fourth-order valence-corrected chi connectivity index (χ4v) is 2.64. The van der Waals surface area contributed by atoms with Crippen LogP contribution in [-0.2, 0) is 4.79 Å². The van der Waals surface area contributed by atoms with Gasteiger partial charge in [0.1, 0.15) is 0 Å². The molecule has 1 aliphatic rings. The Morgan fingerprint density at radius 2 is 2.18 bits per heavy atom. The molecule has 0 spiro atoms. The summed E-state index contributed by atoms with van der Waals surface area (Å²) < 4.78 is 0. The zero-order valence-electron chi connectivity index (χ0n) is 9.93. The zero-order valence-corrected chi connectivity index (χ0v) is 10.7. The molecule has 0 unspecified atom stereocenters. The van der Waals surface area contributed by atoms with E-state index in [1.165, 1.54) is 5.56 Å². The fourth-order valence-electron chi connectivity index (χ4n) is 1.84. The third-order valence-electron chi connectivity index (χ3n) is 2.90. The van der Waals surface area contributed by atoms with E-state index in [0.717, 1.165) is 4.90 Å². The molecule has 0 aliphatic carbocycles. The van der Waals surface area contributed by atoms with Gasteiger partial charge in [-0.1, -0.05) is 17.7 Å². The van der Waals surface area contributed by atoms with Crippen molar-refractivity contribution in [1.82, 2.24) is 4.90 Å². The number of rotatable bonds is 3. The van der Waals surface area contributed by atoms with Gasteiger partial charge in [0.15, 0.2) is 0 Å². The summed E-state index contributed by atoms with van der Waals surface area (Å²) in [5.41, 5.74) is 1.23. The summed E-state index contributed by atoms with van der Waals surface area (Å²) in [5.74, 6) is 0.572. The number of carbonyl (C=O) groups is 1. The molecule has 1 aliphatic heterocycles. The van der Waals surface area contributed by atoms with Crippen molar-refractivity contribution in [3.05, 3.63) is 29.8 Å². The van der Waals surface area contributed by atoms with Gasteiger partial charge in [-0.25, -0.2) is 0 Å². The van der Waals surface area contributed by atoms with Crippen molar-refractivity contribution in [2.24, 2.45) is 0 Å². The first-order valence-electron chi connectivity index (χ1n) is 5.80. The average molecular weight is 251 g/mol. The van der Waals surface area contributed by atoms with Crippen molar-refractivity contribution in [1.29, 1.82) is 0 Å². The highest BCUT2D eigenvalue weighted by Crippen LogP contribution is 2.19. The predicted octanol–water partition coefficient (Wildman–Crippen LogP) is 1.68. The Kier molecular flexibility index (Phi) is 4.07. The fraction of sp³-hybridized carbons (Fsp3) is 0.462. The molecular weight excluding hydrogens is 234 g/mol. The SMILES string of the molecule is Cc1ccc(SCC(=O)N2CC[C@H](O)C2)cc1. The lowest BCUT2D eigenvalue weighted by Crippen LogP contribution is -2.30. The van der Waals surface area contributed by atoms with E-state index in [0.29, 0.717) is 25.3 Å². The quantitative estimate of drug-likeness (QED) is 0.831. The monoisotopic (exact) mass is 251 g/mol. The maximum atomic E-state index is 11.8. The summed E-state index contributed by atoms with van der Waals surface area (Å²) in [5, 5.41) is 9.36. The van der Waals surface area contributed by atoms with Gasteiger partial charge in [0.25, 0.3) is 0 Å². The van der Waals surface area contributed by atoms with Crippen molar-refractivity contribution in [2.75, 3.05) is 18.8 Å². The molecule has 1 N–H and O–H groups in total. The third-order valence-corrected chi connectivity index (χ3v) is 3.90. The Morgan fingerprint density at radius 3 is 2.76 bits per heavy atom. The number of aliphatic hydroxyl groups is 1. The van der Waals surface area contributed by atoms with Crippen LogP contribution in [0.2, 0.25) is 0 Å². The summed E-state index contributed by atoms with van der Waals surface area (Å²) in [6.45, 7) is 3.23. The number of aliphatic hydroxyl groups excluding tert-OH is 1. The molecule has 1 fully saturated rings. The van der Waals surface area contributed by atoms with Crippen molar-refractivity contribution in [3.8, 4) is 0 Å². The maximum absolute atomic E-state index is 11.8. The van der Waals surface area contributed by atoms with Gasteiger partial charge in [0.2, 0.25) is 5.91 Å². The van der Waals surface area contributed by atoms with Gasteiger partial charge in [0, 0.05) is 18.0 Å². The molecule has 0 radical (unpaired) electrons. The number of β-amino-alcohol motifs (C(OH)–C–C–N with tert-alkyl or cyclic N) is 1. The van der Waals surface area contributed by atoms with Gasteiger partial charge in [-0.3, -0.25) is 4.79 Å². The number of nitrogens with zero attached hydrogens (tertiary/aromatic N) is 1. The molecule has 2 rings (SSSR count). The molecular formula is C13H17NO2S. The highest BCUT2D eigenvalue weighted by atomic mass is 32.2. The van der Waals surface area contributed by atoms with E-state index in [4.69, 9.17) is 0 Å². The number of likely N-dealkylation sites (tertiary alicyclic amines) is 1. The minimum Gasteiger partial charge on any atom is -0.391 e. The number of carbonyl (C=O) groups excluding carboxylic acids is 1. The standard InChI is InChI=1S/C13H17NO2S/c1-10-2-4-12(5-3-10)17-9-13(16)14-7-6-11(15)8-14/h2-5,11,15H,6-9H2,1H3/t11-/m0/s1. The van der Waals surface area contributed by atoms with Crippen molar-refractivity contribution >= 4 is 17.7 Å². The van der Waals surface area contributed by atoms with E-state index >= 15 is 0 Å². The normalized spacial score (nSPS) is 19.6. The second-order valence-electron chi connectivity index (χ2n) is 4.38. The Balaban J connectivity index is 1.82. The van der Waals surface area contributed by atoms with Crippen molar-refractivity contribution < 1.29 is 9.90 Å². The Hall–Kier alpha value is -1.00. The molecule has 4 heteroatoms. The summed E-state index contributed by atoms with van der Waals surface area (Å²) in [4.78, 5) is 14.7. The van der Waals surface area contributed by atoms with Crippen LogP contribution in [0.5, 0.6) is 0 Å². The summed E-state index contributed by atoms with van der Waals surface area (Å²) in [6, 6.07) is 8.16. The van der Waals surface area contributed by atoms with Crippen LogP contribution >= 0.6 is 11.8 Å². The molecule has 3 nitrogen and oxygen atoms in total. The number of benzene rings is 1. The third kappa shape index (κ3) is 3.48. The molecule has 1 saturated heterocycles. The number of thioether (sulfide) groups is 1. The molecule has 92 valence electrons. The molecule has 1 atom stereocenters. The van der Waals surface area contributed by atoms with Crippen LogP contribution < -0.4 is 0 Å². The van der Waals surface area contributed by atoms with E-state index in [1.807, 2.05) is 31.2 Å². The number of hydrogen-bond acceptors (Lipinski definition) is 3. The molecule has 1 aromatic carbocycles. The lowest BCUT2D eigenvalue weighted by atomic mass is 10.2. The first kappa shape index (κ1) is 12.5. The summed E-state index contributed by atoms with van der Waals surface area (Å²) in [7, 11) is 0. The topological polar surface area (TPSA) is 40.5 Å². The van der Waals surface area contributed by atoms with Gasteiger partial charge in [-0.05, 0) is 25.5 Å². The zero-order chi connectivity index (χ0) is 12.3. The van der Waals surface area contributed by atoms with Crippen molar-refractivity contribution in [3.63, 3.8) is 0 Å². The number of hydrogen-bond donors (Lipinski definition) is 1. The van der Waals surface area contributed by atoms with E-state index in [9.17, 15) is 9.90 Å². The van der Waals surface area contributed by atoms with Crippen LogP contribution in [0.4, 0.5) is 0 Å². The van der Waals surface area contributed by atoms with Gasteiger partial charge in [0.05, 0.1) is 11.9 Å². The smallest absolute Gasteiger partial charge is 0.233 e. The molecule has 0 aromatic heterocycles. The van der Waals surface area contributed by atoms with E-state index < -0.39 is 0 Å². The highest BCUT2D eigenvalue weighted by molar-refractivity contribution is 8.00. The molecule has 1 aromatic rings. The largest absolute Gasteiger partial charge is 0.391 e. The molecule has 0 saturated carbocycles. The lowest BCUT2D eigenvalue weighted by Gasteiger charge is -2.14. The number of amides is 1. The molecule has 1 heterocycles. The van der Waals surface area contributed by atoms with E-state index in [1.54, 1.807) is 16.7 Å². The first-order chi connectivity index (χ1) is 8.15. The molecule has 17 heavy (non-hydrogen) atoms. The van der Waals surface area contributed by atoms with Crippen LogP contribution in [-0.4, -0.2) is 40.9 Å². The van der Waals surface area contributed by atoms with Crippen LogP contribution in [0.15, 0.2) is 29.2 Å². The average Bonchev–Trinajstić information content (AvgIpc) is 2.75. The Morgan fingerprint density at radius 1 is 1.47 bits per heavy atom. The minimum absolute atomic E-state index is 0.118. The van der Waals surface area contributed by atoms with Crippen LogP contribution in [0.1, 0.15) is 12.0 Å². The summed E-state index contributed by atoms with van der Waals surface area (Å²) >= 11 is 1.55. The highest BCUT2D eigenvalue weighted by Gasteiger charge is 2.24.